The van der Waals surface area contributed by atoms with Crippen LogP contribution in [0.3, 0.4) is 0 Å². The Hall–Kier alpha value is -6.47. The number of hydrogen-bond acceptors (Lipinski definition) is 5. The first-order valence-corrected chi connectivity index (χ1v) is 15.2. The van der Waals surface area contributed by atoms with Crippen LogP contribution in [0.5, 0.6) is 0 Å². The van der Waals surface area contributed by atoms with Gasteiger partial charge in [-0.05, 0) is 47.9 Å². The van der Waals surface area contributed by atoms with Gasteiger partial charge in [-0.15, -0.1) is 0 Å². The summed E-state index contributed by atoms with van der Waals surface area (Å²) in [6.45, 7) is 0. The van der Waals surface area contributed by atoms with E-state index in [-0.39, 0.29) is 0 Å². The van der Waals surface area contributed by atoms with E-state index in [0.717, 1.165) is 72.2 Å². The highest BCUT2D eigenvalue weighted by Crippen LogP contribution is 2.38. The highest BCUT2D eigenvalue weighted by atomic mass is 15.2. The summed E-state index contributed by atoms with van der Waals surface area (Å²) in [4.78, 5) is 25.0. The van der Waals surface area contributed by atoms with Gasteiger partial charge in [-0.1, -0.05) is 84.9 Å². The van der Waals surface area contributed by atoms with E-state index < -0.39 is 0 Å². The van der Waals surface area contributed by atoms with Crippen LogP contribution >= 0.6 is 0 Å². The fourth-order valence-electron chi connectivity index (χ4n) is 6.79. The van der Waals surface area contributed by atoms with Crippen LogP contribution in [0.2, 0.25) is 0 Å². The Kier molecular flexibility index (Phi) is 5.15. The smallest absolute Gasteiger partial charge is 0.237 e. The fourth-order valence-corrected chi connectivity index (χ4v) is 6.79. The van der Waals surface area contributed by atoms with Gasteiger partial charge in [0.2, 0.25) is 5.95 Å². The Labute approximate surface area is 262 Å². The van der Waals surface area contributed by atoms with Gasteiger partial charge in [0.15, 0.2) is 5.65 Å². The van der Waals surface area contributed by atoms with Crippen molar-refractivity contribution in [3.05, 3.63) is 140 Å². The minimum atomic E-state index is 0.577. The Morgan fingerprint density at radius 1 is 0.478 bits per heavy atom. The van der Waals surface area contributed by atoms with Crippen LogP contribution in [-0.4, -0.2) is 33.9 Å². The molecule has 0 saturated carbocycles. The average Bonchev–Trinajstić information content (AvgIpc) is 3.67. The maximum Gasteiger partial charge on any atom is 0.237 e. The molecule has 0 unspecified atom stereocenters. The molecule has 0 fully saturated rings. The Morgan fingerprint density at radius 3 is 1.98 bits per heavy atom. The second-order valence-corrected chi connectivity index (χ2v) is 11.4. The first-order valence-electron chi connectivity index (χ1n) is 15.2. The van der Waals surface area contributed by atoms with Gasteiger partial charge in [0.05, 0.1) is 33.6 Å². The topological polar surface area (TPSA) is 73.8 Å². The second kappa shape index (κ2) is 9.51. The van der Waals surface area contributed by atoms with Gasteiger partial charge in [-0.3, -0.25) is 18.9 Å². The second-order valence-electron chi connectivity index (χ2n) is 11.4. The lowest BCUT2D eigenvalue weighted by molar-refractivity contribution is 0.992. The molecule has 10 rings (SSSR count). The molecule has 0 N–H and O–H groups in total. The number of rotatable bonds is 3. The predicted octanol–water partition coefficient (Wildman–Crippen LogP) is 8.80. The molecule has 214 valence electrons. The number of imidazole rings is 1. The van der Waals surface area contributed by atoms with Crippen LogP contribution in [-0.2, 0) is 0 Å². The molecular weight excluding hydrogens is 566 g/mol. The molecular formula is C39H23N7. The van der Waals surface area contributed by atoms with Gasteiger partial charge in [0, 0.05) is 39.5 Å². The molecule has 0 aliphatic rings. The SMILES string of the molecule is c1ccc(-c2ccc(-c3nc(-n4c5ccccc5c5nc6c7ccccc7c7ccccc7n6c54)nc4ccccc34)cn2)nc1. The Morgan fingerprint density at radius 2 is 1.17 bits per heavy atom. The number of para-hydroxylation sites is 3. The van der Waals surface area contributed by atoms with Crippen LogP contribution in [0.1, 0.15) is 0 Å². The van der Waals surface area contributed by atoms with Crippen LogP contribution in [0.4, 0.5) is 0 Å². The minimum absolute atomic E-state index is 0.577. The zero-order valence-electron chi connectivity index (χ0n) is 24.4. The van der Waals surface area contributed by atoms with E-state index in [2.05, 4.69) is 98.9 Å². The van der Waals surface area contributed by atoms with Crippen LogP contribution in [0.25, 0.3) is 88.9 Å². The molecule has 6 heterocycles. The summed E-state index contributed by atoms with van der Waals surface area (Å²) in [5.41, 5.74) is 9.05. The molecule has 0 amide bonds. The zero-order chi connectivity index (χ0) is 30.2. The van der Waals surface area contributed by atoms with E-state index in [9.17, 15) is 0 Å². The lowest BCUT2D eigenvalue weighted by Gasteiger charge is -2.13. The summed E-state index contributed by atoms with van der Waals surface area (Å²) in [5.74, 6) is 0.577. The lowest BCUT2D eigenvalue weighted by Crippen LogP contribution is -2.05. The number of fused-ring (bicyclic) bond motifs is 11. The van der Waals surface area contributed by atoms with Gasteiger partial charge in [0.1, 0.15) is 11.2 Å². The van der Waals surface area contributed by atoms with E-state index >= 15 is 0 Å². The highest BCUT2D eigenvalue weighted by molar-refractivity contribution is 6.16. The van der Waals surface area contributed by atoms with E-state index in [1.54, 1.807) is 6.20 Å². The number of benzene rings is 4. The molecule has 0 aliphatic heterocycles. The molecule has 0 saturated heterocycles. The van der Waals surface area contributed by atoms with E-state index in [0.29, 0.717) is 5.95 Å². The third kappa shape index (κ3) is 3.51. The first kappa shape index (κ1) is 24.9. The Bertz CT molecular complexity index is 2800. The van der Waals surface area contributed by atoms with Gasteiger partial charge in [0.25, 0.3) is 0 Å². The van der Waals surface area contributed by atoms with Crippen molar-refractivity contribution in [2.75, 3.05) is 0 Å². The normalized spacial score (nSPS) is 11.9. The molecule has 0 aliphatic carbocycles. The standard InChI is InChI=1S/C39H23N7/c1-2-13-27-25(11-1)26-12-4-7-18-33(26)45-37(27)43-36-29-15-5-8-19-34(29)46(38(36)45)39-42-30-16-6-3-14-28(30)35(44-39)24-20-21-32(41-23-24)31-17-9-10-22-40-31/h1-23H. The zero-order valence-corrected chi connectivity index (χ0v) is 24.4. The van der Waals surface area contributed by atoms with Gasteiger partial charge < -0.3 is 0 Å². The van der Waals surface area contributed by atoms with E-state index in [4.69, 9.17) is 19.9 Å². The molecule has 0 spiro atoms. The summed E-state index contributed by atoms with van der Waals surface area (Å²) in [7, 11) is 0. The third-order valence-corrected chi connectivity index (χ3v) is 8.82. The van der Waals surface area contributed by atoms with Crippen LogP contribution in [0.15, 0.2) is 140 Å². The predicted molar refractivity (Wildman–Crippen MR) is 184 cm³/mol. The largest absolute Gasteiger partial charge is 0.277 e. The number of aromatic nitrogens is 7. The molecule has 7 nitrogen and oxygen atoms in total. The van der Waals surface area contributed by atoms with Crippen molar-refractivity contribution >= 4 is 60.3 Å². The molecule has 0 radical (unpaired) electrons. The van der Waals surface area contributed by atoms with Crippen LogP contribution < -0.4 is 0 Å². The van der Waals surface area contributed by atoms with E-state index in [1.807, 2.05) is 48.7 Å². The highest BCUT2D eigenvalue weighted by Gasteiger charge is 2.23. The Balaban J connectivity index is 1.31. The molecule has 10 aromatic rings. The molecule has 6 aromatic heterocycles. The van der Waals surface area contributed by atoms with Crippen LogP contribution in [0, 0.1) is 0 Å². The van der Waals surface area contributed by atoms with Crippen molar-refractivity contribution in [3.8, 4) is 28.6 Å². The first-order chi connectivity index (χ1) is 22.8. The minimum Gasteiger partial charge on any atom is -0.277 e. The van der Waals surface area contributed by atoms with Gasteiger partial charge >= 0.3 is 0 Å². The molecule has 46 heavy (non-hydrogen) atoms. The number of hydrogen-bond donors (Lipinski definition) is 0. The van der Waals surface area contributed by atoms with Crippen molar-refractivity contribution in [2.24, 2.45) is 0 Å². The maximum atomic E-state index is 5.32. The van der Waals surface area contributed by atoms with Gasteiger partial charge in [-0.25, -0.2) is 15.0 Å². The quantitative estimate of drug-likeness (QED) is 0.193. The third-order valence-electron chi connectivity index (χ3n) is 8.82. The van der Waals surface area contributed by atoms with Crippen molar-refractivity contribution in [1.82, 2.24) is 33.9 Å². The van der Waals surface area contributed by atoms with E-state index in [1.165, 1.54) is 10.8 Å². The molecule has 0 bridgehead atoms. The fraction of sp³-hybridized carbons (Fsp3) is 0. The number of pyridine rings is 3. The molecule has 0 atom stereocenters. The molecule has 7 heteroatoms. The summed E-state index contributed by atoms with van der Waals surface area (Å²) >= 11 is 0. The van der Waals surface area contributed by atoms with Crippen molar-refractivity contribution in [1.29, 1.82) is 0 Å². The number of nitrogens with zero attached hydrogens (tertiary/aromatic N) is 7. The van der Waals surface area contributed by atoms with Gasteiger partial charge in [-0.2, -0.15) is 0 Å². The lowest BCUT2D eigenvalue weighted by atomic mass is 10.1. The summed E-state index contributed by atoms with van der Waals surface area (Å²) < 4.78 is 4.44. The van der Waals surface area contributed by atoms with Crippen molar-refractivity contribution in [3.63, 3.8) is 0 Å². The summed E-state index contributed by atoms with van der Waals surface area (Å²) in [6.07, 6.45) is 3.66. The molecule has 4 aromatic carbocycles. The maximum absolute atomic E-state index is 5.32. The van der Waals surface area contributed by atoms with Crippen molar-refractivity contribution < 1.29 is 0 Å². The monoisotopic (exact) mass is 589 g/mol. The summed E-state index contributed by atoms with van der Waals surface area (Å²) in [6, 6.07) is 43.4. The summed E-state index contributed by atoms with van der Waals surface area (Å²) in [5, 5.41) is 5.46. The average molecular weight is 590 g/mol. The van der Waals surface area contributed by atoms with Crippen molar-refractivity contribution in [2.45, 2.75) is 0 Å².